The molecule has 14 heteroatoms. The first kappa shape index (κ1) is 30.0. The fourth-order valence-corrected chi connectivity index (χ4v) is 5.77. The molecule has 0 bridgehead atoms. The number of allylic oxidation sites excluding steroid dienone is 1. The van der Waals surface area contributed by atoms with Crippen LogP contribution < -0.4 is 5.32 Å². The van der Waals surface area contributed by atoms with E-state index < -0.39 is 21.7 Å². The number of rotatable bonds is 9. The van der Waals surface area contributed by atoms with Crippen LogP contribution in [0.2, 0.25) is 5.31 Å². The van der Waals surface area contributed by atoms with E-state index in [0.29, 0.717) is 35.0 Å². The Bertz CT molecular complexity index is 1580. The molecule has 0 amide bonds. The molecular weight excluding hydrogens is 581 g/mol. The number of anilines is 1. The minimum absolute atomic E-state index is 0.151. The third-order valence-electron chi connectivity index (χ3n) is 7.47. The van der Waals surface area contributed by atoms with Gasteiger partial charge in [0.05, 0.1) is 24.6 Å². The summed E-state index contributed by atoms with van der Waals surface area (Å²) in [6, 6.07) is 7.55. The van der Waals surface area contributed by atoms with Gasteiger partial charge >= 0.3 is 0 Å². The van der Waals surface area contributed by atoms with E-state index in [1.165, 1.54) is 4.68 Å². The van der Waals surface area contributed by atoms with Gasteiger partial charge in [-0.05, 0) is 41.4 Å². The Morgan fingerprint density at radius 3 is 2.66 bits per heavy atom. The second-order valence-electron chi connectivity index (χ2n) is 11.4. The zero-order valence-electron chi connectivity index (χ0n) is 23.2. The summed E-state index contributed by atoms with van der Waals surface area (Å²) in [6.45, 7) is 11.5. The largest absolute Gasteiger partial charge is 0.375 e. The van der Waals surface area contributed by atoms with Gasteiger partial charge < -0.3 is 10.2 Å². The van der Waals surface area contributed by atoms with Gasteiger partial charge in [-0.2, -0.15) is 37.9 Å². The molecule has 2 atom stereocenters. The molecule has 1 aromatic carbocycles. The van der Waals surface area contributed by atoms with Crippen molar-refractivity contribution >= 4 is 68.2 Å². The molecule has 4 heterocycles. The number of alkyl halides is 2. The van der Waals surface area contributed by atoms with E-state index in [0.717, 1.165) is 41.9 Å². The van der Waals surface area contributed by atoms with Crippen molar-refractivity contribution in [2.24, 2.45) is 5.92 Å². The van der Waals surface area contributed by atoms with Crippen LogP contribution in [0.3, 0.4) is 0 Å². The summed E-state index contributed by atoms with van der Waals surface area (Å²) in [6.07, 6.45) is 0.517. The van der Waals surface area contributed by atoms with Crippen molar-refractivity contribution in [1.82, 2.24) is 34.5 Å². The number of hydrogen-bond donors (Lipinski definition) is 4. The third kappa shape index (κ3) is 6.64. The van der Waals surface area contributed by atoms with E-state index in [2.05, 4.69) is 71.9 Å². The quantitative estimate of drug-likeness (QED) is 0.115. The van der Waals surface area contributed by atoms with Gasteiger partial charge in [-0.1, -0.05) is 38.6 Å². The molecule has 5 rings (SSSR count). The lowest BCUT2D eigenvalue weighted by molar-refractivity contribution is 0.122. The van der Waals surface area contributed by atoms with Gasteiger partial charge in [-0.25, -0.2) is 23.0 Å². The minimum Gasteiger partial charge on any atom is -0.375 e. The maximum atomic E-state index is 13.1. The molecule has 0 aliphatic carbocycles. The van der Waals surface area contributed by atoms with Crippen molar-refractivity contribution in [2.75, 3.05) is 18.4 Å². The number of aromatic nitrogens is 6. The third-order valence-corrected chi connectivity index (χ3v) is 7.94. The SMILES string of the molecule is [B]C(C)(C)C(=C)N1CCC(Nc2nc(CC(S)(S)S)c3c(-c4ccc5nnn(CC(F)F)c5c4)ccn3n2)C(C)C1. The van der Waals surface area contributed by atoms with E-state index in [9.17, 15) is 8.78 Å². The predicted molar refractivity (Wildman–Crippen MR) is 171 cm³/mol. The number of piperidine rings is 1. The lowest BCUT2D eigenvalue weighted by atomic mass is 9.69. The number of fused-ring (bicyclic) bond motifs is 2. The summed E-state index contributed by atoms with van der Waals surface area (Å²) in [4.78, 5) is 7.16. The topological polar surface area (TPSA) is 76.2 Å². The van der Waals surface area contributed by atoms with Gasteiger partial charge in [-0.3, -0.25) is 0 Å². The van der Waals surface area contributed by atoms with Gasteiger partial charge in [0, 0.05) is 43.0 Å². The summed E-state index contributed by atoms with van der Waals surface area (Å²) in [5, 5.41) is 15.8. The average Bonchev–Trinajstić information content (AvgIpc) is 3.47. The molecule has 0 saturated carbocycles. The van der Waals surface area contributed by atoms with Crippen molar-refractivity contribution in [3.8, 4) is 11.1 Å². The van der Waals surface area contributed by atoms with Gasteiger partial charge in [0.2, 0.25) is 5.95 Å². The number of likely N-dealkylation sites (tertiary alicyclic amines) is 1. The highest BCUT2D eigenvalue weighted by atomic mass is 32.2. The maximum Gasteiger partial charge on any atom is 0.258 e. The monoisotopic (exact) mass is 614 g/mol. The van der Waals surface area contributed by atoms with Crippen LogP contribution in [-0.4, -0.2) is 71.3 Å². The molecule has 1 N–H and O–H groups in total. The molecule has 4 aromatic rings. The molecule has 216 valence electrons. The number of nitrogens with one attached hydrogen (secondary N) is 1. The van der Waals surface area contributed by atoms with E-state index in [1.807, 2.05) is 38.2 Å². The van der Waals surface area contributed by atoms with Gasteiger partial charge in [0.15, 0.2) is 0 Å². The number of halogens is 2. The van der Waals surface area contributed by atoms with E-state index >= 15 is 0 Å². The zero-order valence-corrected chi connectivity index (χ0v) is 25.9. The Labute approximate surface area is 256 Å². The summed E-state index contributed by atoms with van der Waals surface area (Å²) in [5.74, 6) is 0.787. The first-order valence-electron chi connectivity index (χ1n) is 13.4. The maximum absolute atomic E-state index is 13.1. The van der Waals surface area contributed by atoms with E-state index in [-0.39, 0.29) is 6.04 Å². The molecule has 0 spiro atoms. The molecule has 1 aliphatic rings. The highest BCUT2D eigenvalue weighted by molar-refractivity contribution is 8.16. The van der Waals surface area contributed by atoms with Crippen LogP contribution in [0.1, 0.15) is 32.9 Å². The Morgan fingerprint density at radius 2 is 2.00 bits per heavy atom. The molecule has 1 aliphatic heterocycles. The number of thiol groups is 3. The molecular formula is C27H33BF2N8S3. The molecule has 2 unspecified atom stereocenters. The molecule has 8 nitrogen and oxygen atoms in total. The van der Waals surface area contributed by atoms with Crippen molar-refractivity contribution in [1.29, 1.82) is 0 Å². The molecule has 1 saturated heterocycles. The standard InChI is InChI=1S/C27H33BF2N8S3/c1-15-13-36(16(2)26(3,4)28)9-8-19(15)31-25-32-21(12-27(39,40)41)24-18(7-10-37(24)34-25)17-5-6-20-22(11-17)38(35-33-20)14-23(29)30/h5-7,10-11,15,19,23,39-41H,2,8-9,12-14H2,1,3-4H3,(H,31,34). The Hall–Kier alpha value is -2.45. The smallest absolute Gasteiger partial charge is 0.258 e. The average molecular weight is 615 g/mol. The predicted octanol–water partition coefficient (Wildman–Crippen LogP) is 5.39. The van der Waals surface area contributed by atoms with Crippen LogP contribution in [0, 0.1) is 5.92 Å². The van der Waals surface area contributed by atoms with Gasteiger partial charge in [-0.15, -0.1) is 10.2 Å². The van der Waals surface area contributed by atoms with Crippen LogP contribution in [0.25, 0.3) is 27.7 Å². The van der Waals surface area contributed by atoms with Crippen molar-refractivity contribution < 1.29 is 8.78 Å². The fraction of sp³-hybridized carbons (Fsp3) is 0.481. The number of nitrogens with zero attached hydrogens (tertiary/aromatic N) is 7. The molecule has 2 radical (unpaired) electrons. The Balaban J connectivity index is 1.48. The second-order valence-corrected chi connectivity index (χ2v) is 14.7. The van der Waals surface area contributed by atoms with Crippen LogP contribution in [0.5, 0.6) is 0 Å². The fourth-order valence-electron chi connectivity index (χ4n) is 5.32. The summed E-state index contributed by atoms with van der Waals surface area (Å²) < 4.78 is 28.3. The van der Waals surface area contributed by atoms with E-state index in [1.54, 1.807) is 10.6 Å². The second kappa shape index (κ2) is 11.3. The van der Waals surface area contributed by atoms with Gasteiger partial charge in [0.1, 0.15) is 15.5 Å². The van der Waals surface area contributed by atoms with Crippen molar-refractivity contribution in [3.63, 3.8) is 0 Å². The van der Waals surface area contributed by atoms with Crippen LogP contribution in [0.4, 0.5) is 14.7 Å². The van der Waals surface area contributed by atoms with Crippen LogP contribution >= 0.6 is 37.9 Å². The van der Waals surface area contributed by atoms with Crippen molar-refractivity contribution in [2.45, 2.75) is 61.4 Å². The zero-order chi connectivity index (χ0) is 29.7. The van der Waals surface area contributed by atoms with Gasteiger partial charge in [0.25, 0.3) is 6.43 Å². The molecule has 1 fully saturated rings. The Kier molecular flexibility index (Phi) is 8.30. The first-order chi connectivity index (χ1) is 19.2. The van der Waals surface area contributed by atoms with E-state index in [4.69, 9.17) is 17.9 Å². The lowest BCUT2D eigenvalue weighted by Crippen LogP contribution is -2.46. The normalized spacial score (nSPS) is 18.5. The minimum atomic E-state index is -2.54. The van der Waals surface area contributed by atoms with Crippen molar-refractivity contribution in [3.05, 3.63) is 48.4 Å². The Morgan fingerprint density at radius 1 is 1.24 bits per heavy atom. The first-order valence-corrected chi connectivity index (χ1v) is 14.7. The summed E-state index contributed by atoms with van der Waals surface area (Å²) in [5.41, 5.74) is 5.09. The van der Waals surface area contributed by atoms with Crippen LogP contribution in [0.15, 0.2) is 42.7 Å². The van der Waals surface area contributed by atoms with Crippen LogP contribution in [-0.2, 0) is 13.0 Å². The highest BCUT2D eigenvalue weighted by Gasteiger charge is 2.31. The molecule has 3 aromatic heterocycles. The summed E-state index contributed by atoms with van der Waals surface area (Å²) >= 11 is 13.6. The number of benzene rings is 1. The summed E-state index contributed by atoms with van der Waals surface area (Å²) in [7, 11) is 6.29. The molecule has 41 heavy (non-hydrogen) atoms. The number of hydrogen-bond acceptors (Lipinski definition) is 9. The lowest BCUT2D eigenvalue weighted by Gasteiger charge is -2.43. The highest BCUT2D eigenvalue weighted by Crippen LogP contribution is 2.36.